The second kappa shape index (κ2) is 5.17. The Morgan fingerprint density at radius 2 is 2.00 bits per heavy atom. The molecule has 0 saturated heterocycles. The van der Waals surface area contributed by atoms with E-state index in [0.717, 1.165) is 23.5 Å². The summed E-state index contributed by atoms with van der Waals surface area (Å²) in [5.41, 5.74) is 0.853. The molecule has 94 valence electrons. The summed E-state index contributed by atoms with van der Waals surface area (Å²) < 4.78 is 0. The van der Waals surface area contributed by atoms with Crippen molar-refractivity contribution in [3.05, 3.63) is 15.6 Å². The van der Waals surface area contributed by atoms with Gasteiger partial charge in [0.1, 0.15) is 4.88 Å². The first-order valence-electron chi connectivity index (χ1n) is 6.33. The predicted octanol–water partition coefficient (Wildman–Crippen LogP) is 4.01. The average Bonchev–Trinajstić information content (AvgIpc) is 2.75. The largest absolute Gasteiger partial charge is 0.477 e. The minimum Gasteiger partial charge on any atom is -0.477 e. The zero-order valence-electron chi connectivity index (χ0n) is 10.4. The van der Waals surface area contributed by atoms with Gasteiger partial charge in [-0.25, -0.2) is 9.78 Å². The Morgan fingerprint density at radius 1 is 1.35 bits per heavy atom. The molecule has 1 aliphatic carbocycles. The molecule has 1 fully saturated rings. The Hall–Kier alpha value is -0.900. The molecule has 1 heterocycles. The van der Waals surface area contributed by atoms with Crippen LogP contribution >= 0.6 is 11.3 Å². The first-order valence-corrected chi connectivity index (χ1v) is 7.15. The summed E-state index contributed by atoms with van der Waals surface area (Å²) in [6.07, 6.45) is 5.89. The van der Waals surface area contributed by atoms with Gasteiger partial charge in [-0.3, -0.25) is 0 Å². The van der Waals surface area contributed by atoms with Crippen LogP contribution in [0.4, 0.5) is 0 Å². The summed E-state index contributed by atoms with van der Waals surface area (Å²) in [4.78, 5) is 16.3. The van der Waals surface area contributed by atoms with Crippen LogP contribution < -0.4 is 0 Å². The SMILES string of the molecule is CC(C)c1nc(C2CCCCC2)c(C(=O)O)s1. The molecular weight excluding hydrogens is 234 g/mol. The van der Waals surface area contributed by atoms with Crippen LogP contribution in [0.5, 0.6) is 0 Å². The zero-order chi connectivity index (χ0) is 12.4. The summed E-state index contributed by atoms with van der Waals surface area (Å²) in [7, 11) is 0. The molecule has 4 heteroatoms. The molecule has 1 aromatic rings. The molecule has 0 aliphatic heterocycles. The highest BCUT2D eigenvalue weighted by Crippen LogP contribution is 2.37. The quantitative estimate of drug-likeness (QED) is 0.885. The van der Waals surface area contributed by atoms with E-state index in [4.69, 9.17) is 0 Å². The fourth-order valence-electron chi connectivity index (χ4n) is 2.40. The number of carboxylic acids is 1. The van der Waals surface area contributed by atoms with Crippen LogP contribution in [0.1, 0.15) is 78.2 Å². The third-order valence-electron chi connectivity index (χ3n) is 3.35. The van der Waals surface area contributed by atoms with Gasteiger partial charge in [-0.05, 0) is 12.8 Å². The number of carbonyl (C=O) groups is 1. The van der Waals surface area contributed by atoms with Gasteiger partial charge in [-0.2, -0.15) is 0 Å². The Labute approximate surface area is 106 Å². The molecule has 0 atom stereocenters. The maximum atomic E-state index is 11.3. The second-order valence-electron chi connectivity index (χ2n) is 5.06. The standard InChI is InChI=1S/C13H19NO2S/c1-8(2)12-14-10(11(17-12)13(15)16)9-6-4-3-5-7-9/h8-9H,3-7H2,1-2H3,(H,15,16). The first-order chi connectivity index (χ1) is 8.09. The summed E-state index contributed by atoms with van der Waals surface area (Å²) in [6.45, 7) is 4.13. The topological polar surface area (TPSA) is 50.2 Å². The van der Waals surface area contributed by atoms with Crippen molar-refractivity contribution in [2.75, 3.05) is 0 Å². The van der Waals surface area contributed by atoms with Crippen LogP contribution in [-0.4, -0.2) is 16.1 Å². The van der Waals surface area contributed by atoms with Crippen molar-refractivity contribution in [1.29, 1.82) is 0 Å². The van der Waals surface area contributed by atoms with Gasteiger partial charge in [-0.15, -0.1) is 11.3 Å². The van der Waals surface area contributed by atoms with Gasteiger partial charge in [0.25, 0.3) is 0 Å². The minimum atomic E-state index is -0.810. The van der Waals surface area contributed by atoms with E-state index in [-0.39, 0.29) is 0 Å². The molecule has 1 aliphatic rings. The van der Waals surface area contributed by atoms with Crippen LogP contribution in [0.15, 0.2) is 0 Å². The lowest BCUT2D eigenvalue weighted by atomic mass is 9.86. The van der Waals surface area contributed by atoms with E-state index in [1.165, 1.54) is 30.6 Å². The van der Waals surface area contributed by atoms with E-state index in [1.807, 2.05) is 0 Å². The molecule has 0 unspecified atom stereocenters. The van der Waals surface area contributed by atoms with E-state index < -0.39 is 5.97 Å². The first kappa shape index (κ1) is 12.6. The lowest BCUT2D eigenvalue weighted by molar-refractivity contribution is 0.0700. The molecule has 1 saturated carbocycles. The average molecular weight is 253 g/mol. The highest BCUT2D eigenvalue weighted by Gasteiger charge is 2.26. The molecule has 3 nitrogen and oxygen atoms in total. The summed E-state index contributed by atoms with van der Waals surface area (Å²) in [5, 5.41) is 10.2. The van der Waals surface area contributed by atoms with Crippen molar-refractivity contribution in [3.63, 3.8) is 0 Å². The van der Waals surface area contributed by atoms with Crippen LogP contribution in [-0.2, 0) is 0 Å². The number of aromatic carboxylic acids is 1. The molecule has 0 aromatic carbocycles. The summed E-state index contributed by atoms with van der Waals surface area (Å²) >= 11 is 1.36. The van der Waals surface area contributed by atoms with Gasteiger partial charge in [-0.1, -0.05) is 33.1 Å². The van der Waals surface area contributed by atoms with Crippen molar-refractivity contribution >= 4 is 17.3 Å². The van der Waals surface area contributed by atoms with Crippen molar-refractivity contribution in [3.8, 4) is 0 Å². The van der Waals surface area contributed by atoms with Gasteiger partial charge >= 0.3 is 5.97 Å². The lowest BCUT2D eigenvalue weighted by Crippen LogP contribution is -2.09. The number of rotatable bonds is 3. The van der Waals surface area contributed by atoms with Gasteiger partial charge in [0.2, 0.25) is 0 Å². The van der Waals surface area contributed by atoms with Crippen molar-refractivity contribution in [1.82, 2.24) is 4.98 Å². The van der Waals surface area contributed by atoms with Gasteiger partial charge in [0, 0.05) is 11.8 Å². The molecule has 1 N–H and O–H groups in total. The molecule has 0 radical (unpaired) electrons. The molecule has 17 heavy (non-hydrogen) atoms. The number of aromatic nitrogens is 1. The number of hydrogen-bond acceptors (Lipinski definition) is 3. The zero-order valence-corrected chi connectivity index (χ0v) is 11.2. The third kappa shape index (κ3) is 2.68. The molecule has 0 bridgehead atoms. The fraction of sp³-hybridized carbons (Fsp3) is 0.692. The van der Waals surface area contributed by atoms with Gasteiger partial charge in [0.05, 0.1) is 10.7 Å². The normalized spacial score (nSPS) is 17.6. The van der Waals surface area contributed by atoms with E-state index in [1.54, 1.807) is 0 Å². The van der Waals surface area contributed by atoms with Crippen molar-refractivity contribution in [2.45, 2.75) is 57.8 Å². The smallest absolute Gasteiger partial charge is 0.347 e. The van der Waals surface area contributed by atoms with Gasteiger partial charge in [0.15, 0.2) is 0 Å². The summed E-state index contributed by atoms with van der Waals surface area (Å²) in [6, 6.07) is 0. The fourth-order valence-corrected chi connectivity index (χ4v) is 3.40. The minimum absolute atomic E-state index is 0.315. The maximum absolute atomic E-state index is 11.3. The molecule has 0 amide bonds. The predicted molar refractivity (Wildman–Crippen MR) is 69.0 cm³/mol. The lowest BCUT2D eigenvalue weighted by Gasteiger charge is -2.20. The van der Waals surface area contributed by atoms with Crippen LogP contribution in [0.25, 0.3) is 0 Å². The highest BCUT2D eigenvalue weighted by molar-refractivity contribution is 7.13. The van der Waals surface area contributed by atoms with E-state index in [2.05, 4.69) is 18.8 Å². The Kier molecular flexibility index (Phi) is 3.82. The third-order valence-corrected chi connectivity index (χ3v) is 4.71. The Bertz CT molecular complexity index is 406. The monoisotopic (exact) mass is 253 g/mol. The number of thiazole rings is 1. The highest BCUT2D eigenvalue weighted by atomic mass is 32.1. The summed E-state index contributed by atoms with van der Waals surface area (Å²) in [5.74, 6) is -0.121. The Balaban J connectivity index is 2.32. The second-order valence-corrected chi connectivity index (χ2v) is 6.09. The van der Waals surface area contributed by atoms with Gasteiger partial charge < -0.3 is 5.11 Å². The van der Waals surface area contributed by atoms with Crippen LogP contribution in [0, 0.1) is 0 Å². The van der Waals surface area contributed by atoms with Crippen molar-refractivity contribution < 1.29 is 9.90 Å². The molecule has 1 aromatic heterocycles. The number of nitrogens with zero attached hydrogens (tertiary/aromatic N) is 1. The molecule has 0 spiro atoms. The van der Waals surface area contributed by atoms with Crippen LogP contribution in [0.2, 0.25) is 0 Å². The number of carboxylic acid groups (broad SMARTS) is 1. The van der Waals surface area contributed by atoms with E-state index in [0.29, 0.717) is 16.7 Å². The molecule has 2 rings (SSSR count). The maximum Gasteiger partial charge on any atom is 0.347 e. The Morgan fingerprint density at radius 3 is 2.53 bits per heavy atom. The van der Waals surface area contributed by atoms with E-state index in [9.17, 15) is 9.90 Å². The van der Waals surface area contributed by atoms with Crippen molar-refractivity contribution in [2.24, 2.45) is 0 Å². The van der Waals surface area contributed by atoms with Crippen LogP contribution in [0.3, 0.4) is 0 Å². The number of hydrogen-bond donors (Lipinski definition) is 1. The molecular formula is C13H19NO2S. The van der Waals surface area contributed by atoms with E-state index >= 15 is 0 Å².